The number of nitrogens with zero attached hydrogens (tertiary/aromatic N) is 1. The lowest BCUT2D eigenvalue weighted by Crippen LogP contribution is -2.06. The number of aromatic nitrogens is 1. The third kappa shape index (κ3) is 1.22. The molecule has 0 bridgehead atoms. The van der Waals surface area contributed by atoms with Gasteiger partial charge in [-0.2, -0.15) is 0 Å². The minimum absolute atomic E-state index is 0.832. The van der Waals surface area contributed by atoms with Gasteiger partial charge in [0.2, 0.25) is 0 Å². The molecule has 1 heterocycles. The SMILES string of the molecule is Bc1cc(C2CC2)cc2cccnc12. The molecule has 0 radical (unpaired) electrons. The van der Waals surface area contributed by atoms with Crippen molar-refractivity contribution in [2.75, 3.05) is 0 Å². The number of fused-ring (bicyclic) bond motifs is 1. The lowest BCUT2D eigenvalue weighted by Gasteiger charge is -2.05. The summed E-state index contributed by atoms with van der Waals surface area (Å²) >= 11 is 0. The van der Waals surface area contributed by atoms with Crippen molar-refractivity contribution in [1.29, 1.82) is 0 Å². The van der Waals surface area contributed by atoms with E-state index < -0.39 is 0 Å². The lowest BCUT2D eigenvalue weighted by molar-refractivity contribution is 1.14. The Morgan fingerprint density at radius 2 is 2.14 bits per heavy atom. The molecule has 68 valence electrons. The van der Waals surface area contributed by atoms with Gasteiger partial charge in [0.1, 0.15) is 7.85 Å². The summed E-state index contributed by atoms with van der Waals surface area (Å²) in [5, 5.41) is 1.29. The van der Waals surface area contributed by atoms with Crippen LogP contribution in [0.5, 0.6) is 0 Å². The van der Waals surface area contributed by atoms with Gasteiger partial charge in [-0.1, -0.05) is 17.6 Å². The van der Waals surface area contributed by atoms with Gasteiger partial charge in [0.05, 0.1) is 5.52 Å². The van der Waals surface area contributed by atoms with E-state index in [9.17, 15) is 0 Å². The Morgan fingerprint density at radius 1 is 1.29 bits per heavy atom. The van der Waals surface area contributed by atoms with Crippen LogP contribution in [0.3, 0.4) is 0 Å². The molecule has 0 amide bonds. The highest BCUT2D eigenvalue weighted by atomic mass is 14.6. The summed E-state index contributed by atoms with van der Waals surface area (Å²) in [5.41, 5.74) is 3.96. The standard InChI is InChI=1S/C12H12BN/c13-11-7-10(8-3-4-8)6-9-2-1-5-14-12(9)11/h1-2,5-8H,3-4,13H2. The van der Waals surface area contributed by atoms with Crippen molar-refractivity contribution < 1.29 is 0 Å². The van der Waals surface area contributed by atoms with Gasteiger partial charge in [0, 0.05) is 6.20 Å². The first-order valence-electron chi connectivity index (χ1n) is 5.20. The highest BCUT2D eigenvalue weighted by Gasteiger charge is 2.23. The summed E-state index contributed by atoms with van der Waals surface area (Å²) in [5.74, 6) is 0.832. The van der Waals surface area contributed by atoms with E-state index in [1.165, 1.54) is 29.3 Å². The molecule has 1 aliphatic rings. The number of rotatable bonds is 1. The Kier molecular flexibility index (Phi) is 1.63. The van der Waals surface area contributed by atoms with E-state index in [2.05, 4.69) is 31.0 Å². The van der Waals surface area contributed by atoms with E-state index in [4.69, 9.17) is 0 Å². The van der Waals surface area contributed by atoms with E-state index in [1.54, 1.807) is 0 Å². The summed E-state index contributed by atoms with van der Waals surface area (Å²) in [7, 11) is 2.15. The minimum atomic E-state index is 0.832. The smallest absolute Gasteiger partial charge is 0.142 e. The van der Waals surface area contributed by atoms with E-state index in [1.807, 2.05) is 12.3 Å². The highest BCUT2D eigenvalue weighted by molar-refractivity contribution is 6.38. The zero-order chi connectivity index (χ0) is 9.54. The summed E-state index contributed by atoms with van der Waals surface area (Å²) in [6.45, 7) is 0. The molecule has 0 spiro atoms. The zero-order valence-electron chi connectivity index (χ0n) is 8.33. The topological polar surface area (TPSA) is 12.9 Å². The second-order valence-corrected chi connectivity index (χ2v) is 4.19. The average Bonchev–Trinajstić information content (AvgIpc) is 3.01. The molecule has 2 aromatic rings. The molecule has 1 aliphatic carbocycles. The van der Waals surface area contributed by atoms with Crippen LogP contribution in [0.1, 0.15) is 24.3 Å². The normalized spacial score (nSPS) is 16.0. The molecule has 1 fully saturated rings. The fraction of sp³-hybridized carbons (Fsp3) is 0.250. The Bertz CT molecular complexity index is 489. The van der Waals surface area contributed by atoms with Crippen molar-refractivity contribution in [3.63, 3.8) is 0 Å². The second-order valence-electron chi connectivity index (χ2n) is 4.19. The molecule has 1 aromatic carbocycles. The first-order chi connectivity index (χ1) is 6.84. The molecule has 0 unspecified atom stereocenters. The predicted molar refractivity (Wildman–Crippen MR) is 61.9 cm³/mol. The molecule has 3 rings (SSSR count). The summed E-state index contributed by atoms with van der Waals surface area (Å²) in [4.78, 5) is 4.40. The average molecular weight is 181 g/mol. The summed E-state index contributed by atoms with van der Waals surface area (Å²) < 4.78 is 0. The van der Waals surface area contributed by atoms with Crippen LogP contribution in [0.2, 0.25) is 0 Å². The molecular formula is C12H12BN. The van der Waals surface area contributed by atoms with Crippen LogP contribution in [-0.4, -0.2) is 12.8 Å². The van der Waals surface area contributed by atoms with Gasteiger partial charge in [-0.15, -0.1) is 0 Å². The van der Waals surface area contributed by atoms with Crippen molar-refractivity contribution in [3.05, 3.63) is 36.0 Å². The van der Waals surface area contributed by atoms with Crippen molar-refractivity contribution in [2.45, 2.75) is 18.8 Å². The molecule has 0 atom stereocenters. The van der Waals surface area contributed by atoms with Gasteiger partial charge in [-0.3, -0.25) is 4.98 Å². The van der Waals surface area contributed by atoms with Gasteiger partial charge in [-0.25, -0.2) is 0 Å². The third-order valence-corrected chi connectivity index (χ3v) is 2.97. The van der Waals surface area contributed by atoms with Gasteiger partial charge in [0.15, 0.2) is 0 Å². The van der Waals surface area contributed by atoms with Crippen LogP contribution in [0.4, 0.5) is 0 Å². The first kappa shape index (κ1) is 8.04. The monoisotopic (exact) mass is 181 g/mol. The molecule has 0 saturated heterocycles. The maximum absolute atomic E-state index is 4.40. The molecule has 14 heavy (non-hydrogen) atoms. The quantitative estimate of drug-likeness (QED) is 0.605. The van der Waals surface area contributed by atoms with Crippen LogP contribution in [-0.2, 0) is 0 Å². The van der Waals surface area contributed by atoms with Crippen molar-refractivity contribution in [2.24, 2.45) is 0 Å². The Morgan fingerprint density at radius 3 is 2.93 bits per heavy atom. The van der Waals surface area contributed by atoms with E-state index in [-0.39, 0.29) is 0 Å². The number of hydrogen-bond donors (Lipinski definition) is 0. The minimum Gasteiger partial charge on any atom is -0.257 e. The highest BCUT2D eigenvalue weighted by Crippen LogP contribution is 2.40. The number of hydrogen-bond acceptors (Lipinski definition) is 1. The molecule has 1 aromatic heterocycles. The predicted octanol–water partition coefficient (Wildman–Crippen LogP) is 1.37. The van der Waals surface area contributed by atoms with Gasteiger partial charge in [-0.05, 0) is 41.8 Å². The van der Waals surface area contributed by atoms with Crippen LogP contribution in [0.25, 0.3) is 10.9 Å². The lowest BCUT2D eigenvalue weighted by atomic mass is 9.90. The summed E-state index contributed by atoms with van der Waals surface area (Å²) in [6, 6.07) is 8.76. The van der Waals surface area contributed by atoms with E-state index >= 15 is 0 Å². The zero-order valence-corrected chi connectivity index (χ0v) is 8.33. The van der Waals surface area contributed by atoms with Crippen LogP contribution >= 0.6 is 0 Å². The van der Waals surface area contributed by atoms with Crippen molar-refractivity contribution in [3.8, 4) is 0 Å². The Balaban J connectivity index is 2.27. The Hall–Kier alpha value is -1.31. The van der Waals surface area contributed by atoms with Crippen LogP contribution in [0.15, 0.2) is 30.5 Å². The number of pyridine rings is 1. The molecule has 0 N–H and O–H groups in total. The van der Waals surface area contributed by atoms with Crippen LogP contribution < -0.4 is 5.46 Å². The van der Waals surface area contributed by atoms with E-state index in [0.717, 1.165) is 11.4 Å². The molecule has 1 saturated carbocycles. The first-order valence-corrected chi connectivity index (χ1v) is 5.20. The molecule has 1 nitrogen and oxygen atoms in total. The van der Waals surface area contributed by atoms with Gasteiger partial charge >= 0.3 is 0 Å². The molecular weight excluding hydrogens is 169 g/mol. The van der Waals surface area contributed by atoms with Crippen LogP contribution in [0, 0.1) is 0 Å². The fourth-order valence-electron chi connectivity index (χ4n) is 2.06. The second kappa shape index (κ2) is 2.84. The van der Waals surface area contributed by atoms with Crippen molar-refractivity contribution in [1.82, 2.24) is 4.98 Å². The van der Waals surface area contributed by atoms with E-state index in [0.29, 0.717) is 0 Å². The maximum Gasteiger partial charge on any atom is 0.142 e. The largest absolute Gasteiger partial charge is 0.257 e. The van der Waals surface area contributed by atoms with Gasteiger partial charge < -0.3 is 0 Å². The maximum atomic E-state index is 4.40. The fourth-order valence-corrected chi connectivity index (χ4v) is 2.06. The number of benzene rings is 1. The van der Waals surface area contributed by atoms with Gasteiger partial charge in [0.25, 0.3) is 0 Å². The third-order valence-electron chi connectivity index (χ3n) is 2.97. The van der Waals surface area contributed by atoms with Crippen molar-refractivity contribution >= 4 is 24.2 Å². The molecule has 0 aliphatic heterocycles. The summed E-state index contributed by atoms with van der Waals surface area (Å²) in [6.07, 6.45) is 4.60. The Labute approximate surface area is 84.6 Å². The molecule has 2 heteroatoms.